The Balaban J connectivity index is 1.68. The van der Waals surface area contributed by atoms with Crippen molar-refractivity contribution < 1.29 is 9.53 Å². The smallest absolute Gasteiger partial charge is 0.410 e. The molecule has 1 aromatic carbocycles. The molecule has 2 aromatic rings. The van der Waals surface area contributed by atoms with Gasteiger partial charge in [0.05, 0.1) is 17.1 Å². The Morgan fingerprint density at radius 3 is 2.68 bits per heavy atom. The van der Waals surface area contributed by atoms with Crippen LogP contribution in [0, 0.1) is 0 Å². The summed E-state index contributed by atoms with van der Waals surface area (Å²) in [6.45, 7) is 6.90. The topological polar surface area (TPSA) is 93.4 Å². The van der Waals surface area contributed by atoms with Crippen molar-refractivity contribution in [1.29, 1.82) is 0 Å². The van der Waals surface area contributed by atoms with E-state index in [1.807, 2.05) is 45.0 Å². The van der Waals surface area contributed by atoms with Gasteiger partial charge in [0.15, 0.2) is 11.6 Å². The number of para-hydroxylation sites is 2. The summed E-state index contributed by atoms with van der Waals surface area (Å²) in [6, 6.07) is 7.65. The lowest BCUT2D eigenvalue weighted by Gasteiger charge is -2.28. The third-order valence-corrected chi connectivity index (χ3v) is 4.11. The zero-order valence-corrected chi connectivity index (χ0v) is 15.0. The fraction of sp³-hybridized carbons (Fsp3) is 0.500. The summed E-state index contributed by atoms with van der Waals surface area (Å²) < 4.78 is 5.49. The molecule has 0 bridgehead atoms. The Morgan fingerprint density at radius 2 is 2.00 bits per heavy atom. The standard InChI is InChI=1S/C18H25N5O2/c1-18(2,3)25-17(24)23-10-6-7-12(23)11-20-16-15(19)21-13-8-4-5-9-14(13)22-16/h4-5,8-9,12H,6-7,10-11H2,1-3H3,(H2,19,21)(H,20,22). The minimum atomic E-state index is -0.494. The molecule has 1 aliphatic rings. The maximum absolute atomic E-state index is 12.3. The number of ether oxygens (including phenoxy) is 1. The molecule has 1 saturated heterocycles. The molecule has 3 rings (SSSR count). The van der Waals surface area contributed by atoms with Crippen molar-refractivity contribution in [2.75, 3.05) is 24.1 Å². The van der Waals surface area contributed by atoms with Gasteiger partial charge >= 0.3 is 6.09 Å². The molecule has 1 fully saturated rings. The molecule has 134 valence electrons. The summed E-state index contributed by atoms with van der Waals surface area (Å²) in [5.74, 6) is 0.912. The number of amides is 1. The quantitative estimate of drug-likeness (QED) is 0.890. The van der Waals surface area contributed by atoms with Crippen LogP contribution in [0.25, 0.3) is 11.0 Å². The number of carbonyl (C=O) groups excluding carboxylic acids is 1. The van der Waals surface area contributed by atoms with Crippen LogP contribution in [0.15, 0.2) is 24.3 Å². The summed E-state index contributed by atoms with van der Waals surface area (Å²) in [5.41, 5.74) is 7.07. The normalized spacial score (nSPS) is 17.7. The Labute approximate surface area is 147 Å². The van der Waals surface area contributed by atoms with Gasteiger partial charge in [-0.2, -0.15) is 0 Å². The third kappa shape index (κ3) is 4.10. The monoisotopic (exact) mass is 343 g/mol. The van der Waals surface area contributed by atoms with Gasteiger partial charge in [-0.3, -0.25) is 0 Å². The molecule has 3 N–H and O–H groups in total. The number of rotatable bonds is 3. The number of nitrogen functional groups attached to an aromatic ring is 1. The Bertz CT molecular complexity index is 772. The van der Waals surface area contributed by atoms with Gasteiger partial charge in [-0.05, 0) is 45.7 Å². The maximum Gasteiger partial charge on any atom is 0.410 e. The largest absolute Gasteiger partial charge is 0.444 e. The molecule has 7 heteroatoms. The minimum Gasteiger partial charge on any atom is -0.444 e. The Morgan fingerprint density at radius 1 is 1.32 bits per heavy atom. The van der Waals surface area contributed by atoms with E-state index in [1.165, 1.54) is 0 Å². The van der Waals surface area contributed by atoms with Crippen LogP contribution >= 0.6 is 0 Å². The van der Waals surface area contributed by atoms with Crippen LogP contribution in [0.5, 0.6) is 0 Å². The van der Waals surface area contributed by atoms with Crippen LogP contribution in [-0.4, -0.2) is 45.7 Å². The first-order valence-electron chi connectivity index (χ1n) is 8.59. The van der Waals surface area contributed by atoms with Gasteiger partial charge in [-0.15, -0.1) is 0 Å². The second-order valence-corrected chi connectivity index (χ2v) is 7.30. The molecule has 1 amide bonds. The van der Waals surface area contributed by atoms with Gasteiger partial charge in [-0.1, -0.05) is 12.1 Å². The molecule has 1 aromatic heterocycles. The molecule has 0 saturated carbocycles. The van der Waals surface area contributed by atoms with E-state index in [2.05, 4.69) is 15.3 Å². The first-order valence-corrected chi connectivity index (χ1v) is 8.59. The number of hydrogen-bond donors (Lipinski definition) is 2. The lowest BCUT2D eigenvalue weighted by molar-refractivity contribution is 0.0235. The minimum absolute atomic E-state index is 0.0579. The highest BCUT2D eigenvalue weighted by Gasteiger charge is 2.32. The molecule has 0 radical (unpaired) electrons. The second kappa shape index (κ2) is 6.74. The molecule has 2 heterocycles. The lowest BCUT2D eigenvalue weighted by atomic mass is 10.2. The van der Waals surface area contributed by atoms with Crippen molar-refractivity contribution in [2.24, 2.45) is 0 Å². The zero-order chi connectivity index (χ0) is 18.0. The van der Waals surface area contributed by atoms with Crippen molar-refractivity contribution in [1.82, 2.24) is 14.9 Å². The van der Waals surface area contributed by atoms with Crippen molar-refractivity contribution in [3.8, 4) is 0 Å². The second-order valence-electron chi connectivity index (χ2n) is 7.30. The van der Waals surface area contributed by atoms with E-state index in [0.717, 1.165) is 23.9 Å². The van der Waals surface area contributed by atoms with Gasteiger partial charge in [0.25, 0.3) is 0 Å². The number of carbonyl (C=O) groups is 1. The number of benzene rings is 1. The van der Waals surface area contributed by atoms with Crippen molar-refractivity contribution in [2.45, 2.75) is 45.3 Å². The van der Waals surface area contributed by atoms with E-state index in [4.69, 9.17) is 10.5 Å². The van der Waals surface area contributed by atoms with Gasteiger partial charge in [0.1, 0.15) is 5.60 Å². The average molecular weight is 343 g/mol. The number of nitrogens with one attached hydrogen (secondary N) is 1. The number of fused-ring (bicyclic) bond motifs is 1. The van der Waals surface area contributed by atoms with Crippen LogP contribution in [-0.2, 0) is 4.74 Å². The Kier molecular flexibility index (Phi) is 4.65. The van der Waals surface area contributed by atoms with Crippen LogP contribution in [0.3, 0.4) is 0 Å². The zero-order valence-electron chi connectivity index (χ0n) is 15.0. The summed E-state index contributed by atoms with van der Waals surface area (Å²) in [5, 5.41) is 3.25. The number of hydrogen-bond acceptors (Lipinski definition) is 6. The van der Waals surface area contributed by atoms with Crippen LogP contribution in [0.1, 0.15) is 33.6 Å². The molecule has 1 unspecified atom stereocenters. The van der Waals surface area contributed by atoms with Crippen molar-refractivity contribution in [3.05, 3.63) is 24.3 Å². The number of anilines is 2. The summed E-state index contributed by atoms with van der Waals surface area (Å²) in [7, 11) is 0. The van der Waals surface area contributed by atoms with E-state index in [9.17, 15) is 4.79 Å². The van der Waals surface area contributed by atoms with Gasteiger partial charge in [0, 0.05) is 13.1 Å². The van der Waals surface area contributed by atoms with Gasteiger partial charge in [0.2, 0.25) is 0 Å². The number of aromatic nitrogens is 2. The van der Waals surface area contributed by atoms with E-state index in [-0.39, 0.29) is 12.1 Å². The van der Waals surface area contributed by atoms with Crippen LogP contribution < -0.4 is 11.1 Å². The molecule has 1 atom stereocenters. The van der Waals surface area contributed by atoms with Crippen molar-refractivity contribution >= 4 is 28.8 Å². The van der Waals surface area contributed by atoms with E-state index < -0.39 is 5.60 Å². The molecule has 7 nitrogen and oxygen atoms in total. The molecule has 0 spiro atoms. The van der Waals surface area contributed by atoms with Gasteiger partial charge in [-0.25, -0.2) is 14.8 Å². The highest BCUT2D eigenvalue weighted by Crippen LogP contribution is 2.23. The highest BCUT2D eigenvalue weighted by molar-refractivity contribution is 5.79. The molecule has 0 aliphatic carbocycles. The first kappa shape index (κ1) is 17.3. The lowest BCUT2D eigenvalue weighted by Crippen LogP contribution is -2.42. The molecular formula is C18H25N5O2. The number of nitrogens with two attached hydrogens (primary N) is 1. The fourth-order valence-corrected chi connectivity index (χ4v) is 2.97. The first-order chi connectivity index (χ1) is 11.8. The van der Waals surface area contributed by atoms with E-state index >= 15 is 0 Å². The van der Waals surface area contributed by atoms with Crippen molar-refractivity contribution in [3.63, 3.8) is 0 Å². The summed E-state index contributed by atoms with van der Waals surface area (Å²) in [4.78, 5) is 23.0. The SMILES string of the molecule is CC(C)(C)OC(=O)N1CCCC1CNc1nc2ccccc2nc1N. The molecular weight excluding hydrogens is 318 g/mol. The van der Waals surface area contributed by atoms with Crippen LogP contribution in [0.4, 0.5) is 16.4 Å². The van der Waals surface area contributed by atoms with E-state index in [1.54, 1.807) is 4.90 Å². The number of likely N-dealkylation sites (tertiary alicyclic amines) is 1. The van der Waals surface area contributed by atoms with E-state index in [0.29, 0.717) is 24.7 Å². The average Bonchev–Trinajstić information content (AvgIpc) is 3.00. The van der Waals surface area contributed by atoms with Gasteiger partial charge < -0.3 is 20.7 Å². The molecule has 25 heavy (non-hydrogen) atoms. The highest BCUT2D eigenvalue weighted by atomic mass is 16.6. The Hall–Kier alpha value is -2.57. The maximum atomic E-state index is 12.3. The third-order valence-electron chi connectivity index (χ3n) is 4.11. The number of nitrogens with zero attached hydrogens (tertiary/aromatic N) is 3. The predicted molar refractivity (Wildman–Crippen MR) is 98.4 cm³/mol. The predicted octanol–water partition coefficient (Wildman–Crippen LogP) is 3.02. The molecule has 1 aliphatic heterocycles. The summed E-state index contributed by atoms with van der Waals surface area (Å²) >= 11 is 0. The van der Waals surface area contributed by atoms with Crippen LogP contribution in [0.2, 0.25) is 0 Å². The summed E-state index contributed by atoms with van der Waals surface area (Å²) in [6.07, 6.45) is 1.62. The fourth-order valence-electron chi connectivity index (χ4n) is 2.97.